The van der Waals surface area contributed by atoms with Gasteiger partial charge in [-0.3, -0.25) is 14.0 Å². The molecule has 34 heavy (non-hydrogen) atoms. The van der Waals surface area contributed by atoms with Crippen molar-refractivity contribution in [2.45, 2.75) is 20.3 Å². The van der Waals surface area contributed by atoms with Crippen molar-refractivity contribution in [3.8, 4) is 17.7 Å². The second-order valence-electron chi connectivity index (χ2n) is 7.60. The Morgan fingerprint density at radius 2 is 1.85 bits per heavy atom. The SMILES string of the molecule is CCc1ccc(Oc2nc3ccccn3c(=O)c2/C=C(/C#N)C(=O)Nc2ccccc2C)cc1. The van der Waals surface area contributed by atoms with Gasteiger partial charge in [-0.05, 0) is 60.9 Å². The fourth-order valence-corrected chi connectivity index (χ4v) is 3.38. The maximum Gasteiger partial charge on any atom is 0.269 e. The van der Waals surface area contributed by atoms with Crippen LogP contribution >= 0.6 is 0 Å². The summed E-state index contributed by atoms with van der Waals surface area (Å²) in [6.07, 6.45) is 3.67. The molecule has 2 aromatic carbocycles. The number of nitrogens with one attached hydrogen (secondary N) is 1. The Balaban J connectivity index is 1.79. The van der Waals surface area contributed by atoms with E-state index in [9.17, 15) is 14.9 Å². The molecular formula is C27H22N4O3. The molecule has 0 saturated carbocycles. The van der Waals surface area contributed by atoms with Gasteiger partial charge in [0.2, 0.25) is 5.88 Å². The number of para-hydroxylation sites is 1. The third-order valence-electron chi connectivity index (χ3n) is 5.33. The molecule has 4 aromatic rings. The molecule has 0 unspecified atom stereocenters. The van der Waals surface area contributed by atoms with Gasteiger partial charge < -0.3 is 10.1 Å². The smallest absolute Gasteiger partial charge is 0.269 e. The first-order valence-corrected chi connectivity index (χ1v) is 10.8. The number of benzene rings is 2. The molecule has 0 atom stereocenters. The summed E-state index contributed by atoms with van der Waals surface area (Å²) in [4.78, 5) is 30.6. The summed E-state index contributed by atoms with van der Waals surface area (Å²) in [5.41, 5.74) is 2.24. The van der Waals surface area contributed by atoms with E-state index in [1.54, 1.807) is 48.7 Å². The number of anilines is 1. The van der Waals surface area contributed by atoms with E-state index in [-0.39, 0.29) is 17.0 Å². The summed E-state index contributed by atoms with van der Waals surface area (Å²) < 4.78 is 7.29. The zero-order valence-corrected chi connectivity index (χ0v) is 18.8. The molecule has 2 aromatic heterocycles. The van der Waals surface area contributed by atoms with Gasteiger partial charge >= 0.3 is 0 Å². The summed E-state index contributed by atoms with van der Waals surface area (Å²) in [5, 5.41) is 12.4. The number of hydrogen-bond acceptors (Lipinski definition) is 5. The van der Waals surface area contributed by atoms with Crippen LogP contribution in [-0.4, -0.2) is 15.3 Å². The van der Waals surface area contributed by atoms with E-state index in [1.165, 1.54) is 10.5 Å². The summed E-state index contributed by atoms with van der Waals surface area (Å²) >= 11 is 0. The molecule has 0 bridgehead atoms. The lowest BCUT2D eigenvalue weighted by atomic mass is 10.1. The maximum absolute atomic E-state index is 13.3. The molecule has 0 aliphatic carbocycles. The van der Waals surface area contributed by atoms with E-state index in [4.69, 9.17) is 4.74 Å². The van der Waals surface area contributed by atoms with E-state index in [0.29, 0.717) is 17.1 Å². The average Bonchev–Trinajstić information content (AvgIpc) is 2.86. The number of carbonyl (C=O) groups excluding carboxylic acids is 1. The van der Waals surface area contributed by atoms with Crippen molar-refractivity contribution in [2.75, 3.05) is 5.32 Å². The lowest BCUT2D eigenvalue weighted by molar-refractivity contribution is -0.112. The number of nitriles is 1. The van der Waals surface area contributed by atoms with Gasteiger partial charge in [0.05, 0.1) is 0 Å². The van der Waals surface area contributed by atoms with Crippen molar-refractivity contribution in [3.63, 3.8) is 0 Å². The Bertz CT molecular complexity index is 1500. The predicted octanol–water partition coefficient (Wildman–Crippen LogP) is 4.90. The van der Waals surface area contributed by atoms with Crippen LogP contribution in [0, 0.1) is 18.3 Å². The van der Waals surface area contributed by atoms with Crippen molar-refractivity contribution in [1.82, 2.24) is 9.38 Å². The summed E-state index contributed by atoms with van der Waals surface area (Å²) in [7, 11) is 0. The monoisotopic (exact) mass is 450 g/mol. The zero-order valence-electron chi connectivity index (χ0n) is 18.8. The molecule has 0 aliphatic rings. The van der Waals surface area contributed by atoms with Gasteiger partial charge in [-0.15, -0.1) is 0 Å². The molecule has 0 fully saturated rings. The van der Waals surface area contributed by atoms with Gasteiger partial charge in [0.15, 0.2) is 0 Å². The van der Waals surface area contributed by atoms with E-state index < -0.39 is 11.5 Å². The Morgan fingerprint density at radius 1 is 1.12 bits per heavy atom. The zero-order chi connectivity index (χ0) is 24.1. The minimum atomic E-state index is -0.632. The molecule has 168 valence electrons. The molecule has 1 amide bonds. The molecule has 0 saturated heterocycles. The van der Waals surface area contributed by atoms with Crippen molar-refractivity contribution in [3.05, 3.63) is 106 Å². The summed E-state index contributed by atoms with van der Waals surface area (Å²) in [6, 6.07) is 21.7. The van der Waals surface area contributed by atoms with Crippen LogP contribution in [-0.2, 0) is 11.2 Å². The Kier molecular flexibility index (Phi) is 6.51. The highest BCUT2D eigenvalue weighted by molar-refractivity contribution is 6.10. The highest BCUT2D eigenvalue weighted by Gasteiger charge is 2.18. The van der Waals surface area contributed by atoms with Crippen LogP contribution in [0.5, 0.6) is 11.6 Å². The standard InChI is InChI=1S/C27H22N4O3/c1-3-19-11-13-21(14-12-19)34-26-22(27(33)31-15-7-6-10-24(31)30-26)16-20(17-28)25(32)29-23-9-5-4-8-18(23)2/h4-16H,3H2,1-2H3,(H,29,32)/b20-16-. The first-order valence-electron chi connectivity index (χ1n) is 10.8. The minimum Gasteiger partial charge on any atom is -0.438 e. The molecule has 0 spiro atoms. The number of carbonyl (C=O) groups is 1. The van der Waals surface area contributed by atoms with E-state index in [0.717, 1.165) is 17.5 Å². The van der Waals surface area contributed by atoms with Gasteiger partial charge in [0.1, 0.15) is 28.6 Å². The minimum absolute atomic E-state index is 0.000230. The lowest BCUT2D eigenvalue weighted by Crippen LogP contribution is -2.20. The normalized spacial score (nSPS) is 11.1. The highest BCUT2D eigenvalue weighted by Crippen LogP contribution is 2.25. The van der Waals surface area contributed by atoms with Crippen molar-refractivity contribution in [1.29, 1.82) is 5.26 Å². The van der Waals surface area contributed by atoms with Crippen LogP contribution in [0.1, 0.15) is 23.6 Å². The molecule has 7 nitrogen and oxygen atoms in total. The molecule has 0 radical (unpaired) electrons. The fourth-order valence-electron chi connectivity index (χ4n) is 3.38. The van der Waals surface area contributed by atoms with Gasteiger partial charge in [-0.25, -0.2) is 0 Å². The van der Waals surface area contributed by atoms with Crippen molar-refractivity contribution >= 4 is 23.3 Å². The second kappa shape index (κ2) is 9.84. The van der Waals surface area contributed by atoms with Gasteiger partial charge in [-0.1, -0.05) is 43.3 Å². The van der Waals surface area contributed by atoms with Crippen LogP contribution in [0.15, 0.2) is 83.3 Å². The van der Waals surface area contributed by atoms with Crippen molar-refractivity contribution < 1.29 is 9.53 Å². The number of aromatic nitrogens is 2. The third kappa shape index (κ3) is 4.71. The highest BCUT2D eigenvalue weighted by atomic mass is 16.5. The van der Waals surface area contributed by atoms with E-state index in [2.05, 4.69) is 17.2 Å². The maximum atomic E-state index is 13.3. The first kappa shape index (κ1) is 22.5. The van der Waals surface area contributed by atoms with Crippen LogP contribution in [0.2, 0.25) is 0 Å². The Labute approximate surface area is 196 Å². The molecule has 4 rings (SSSR count). The average molecular weight is 450 g/mol. The number of nitrogens with zero attached hydrogens (tertiary/aromatic N) is 3. The summed E-state index contributed by atoms with van der Waals surface area (Å²) in [5.74, 6) is -0.133. The van der Waals surface area contributed by atoms with Gasteiger partial charge in [0.25, 0.3) is 11.5 Å². The largest absolute Gasteiger partial charge is 0.438 e. The molecule has 2 heterocycles. The van der Waals surface area contributed by atoms with Crippen LogP contribution in [0.25, 0.3) is 11.7 Å². The summed E-state index contributed by atoms with van der Waals surface area (Å²) in [6.45, 7) is 3.90. The van der Waals surface area contributed by atoms with Gasteiger partial charge in [-0.2, -0.15) is 10.2 Å². The lowest BCUT2D eigenvalue weighted by Gasteiger charge is -2.11. The first-order chi connectivity index (χ1) is 16.5. The number of amides is 1. The molecular weight excluding hydrogens is 428 g/mol. The van der Waals surface area contributed by atoms with Gasteiger partial charge in [0, 0.05) is 11.9 Å². The number of fused-ring (bicyclic) bond motifs is 1. The molecule has 0 aliphatic heterocycles. The molecule has 7 heteroatoms. The second-order valence-corrected chi connectivity index (χ2v) is 7.60. The quantitative estimate of drug-likeness (QED) is 0.333. The van der Waals surface area contributed by atoms with E-state index >= 15 is 0 Å². The number of rotatable bonds is 6. The Morgan fingerprint density at radius 3 is 2.56 bits per heavy atom. The third-order valence-corrected chi connectivity index (χ3v) is 5.33. The number of hydrogen-bond donors (Lipinski definition) is 1. The number of aryl methyl sites for hydroxylation is 2. The topological polar surface area (TPSA) is 96.5 Å². The number of pyridine rings is 1. The van der Waals surface area contributed by atoms with Crippen LogP contribution in [0.3, 0.4) is 0 Å². The number of ether oxygens (including phenoxy) is 1. The van der Waals surface area contributed by atoms with Crippen molar-refractivity contribution in [2.24, 2.45) is 0 Å². The Hall–Kier alpha value is -4.70. The molecule has 1 N–H and O–H groups in total. The van der Waals surface area contributed by atoms with Crippen LogP contribution < -0.4 is 15.6 Å². The predicted molar refractivity (Wildman–Crippen MR) is 131 cm³/mol. The fraction of sp³-hybridized carbons (Fsp3) is 0.111. The van der Waals surface area contributed by atoms with Crippen LogP contribution in [0.4, 0.5) is 5.69 Å². The van der Waals surface area contributed by atoms with E-state index in [1.807, 2.05) is 37.3 Å².